The van der Waals surface area contributed by atoms with Gasteiger partial charge in [0, 0.05) is 67.5 Å². The van der Waals surface area contributed by atoms with Crippen LogP contribution >= 0.6 is 11.8 Å². The molecule has 1 spiro atoms. The standard InChI is InChI=1S/C40H39FN6O4S/c1-26-6-3-9-32(41)34(26)45-38(49)33(52-2)23-27-14-19-47(35-29(22-27)7-4-17-42-35)39(50)28-10-12-30(13-11-28)44-37(48)31-8-5-18-43-36(31)46-24-40(25-46)15-20-51-21-16-40/h3-13,17-18,22-23H,14-16,19-21,24-25H2,1-2H3,(H,44,48)(H,45,49)/b33-23-. The normalized spacial score (nSPS) is 16.7. The van der Waals surface area contributed by atoms with Gasteiger partial charge in [-0.1, -0.05) is 12.1 Å². The smallest absolute Gasteiger partial charge is 0.262 e. The summed E-state index contributed by atoms with van der Waals surface area (Å²) in [5, 5.41) is 5.68. The third kappa shape index (κ3) is 7.35. The summed E-state index contributed by atoms with van der Waals surface area (Å²) in [6.45, 7) is 5.31. The monoisotopic (exact) mass is 718 g/mol. The second kappa shape index (κ2) is 15.1. The van der Waals surface area contributed by atoms with Crippen LogP contribution in [0, 0.1) is 18.2 Å². The molecule has 2 saturated heterocycles. The Morgan fingerprint density at radius 2 is 1.65 bits per heavy atom. The maximum atomic E-state index is 14.4. The molecule has 3 aliphatic rings. The molecule has 0 saturated carbocycles. The van der Waals surface area contributed by atoms with Crippen LogP contribution in [0.2, 0.25) is 0 Å². The lowest BCUT2D eigenvalue weighted by molar-refractivity contribution is -0.112. The zero-order valence-corrected chi connectivity index (χ0v) is 29.8. The Morgan fingerprint density at radius 1 is 0.923 bits per heavy atom. The van der Waals surface area contributed by atoms with Crippen LogP contribution in [-0.2, 0) is 9.53 Å². The molecular formula is C40H39FN6O4S. The molecule has 0 radical (unpaired) electrons. The first-order chi connectivity index (χ1) is 25.2. The van der Waals surface area contributed by atoms with Crippen molar-refractivity contribution in [2.24, 2.45) is 5.41 Å². The molecule has 10 nitrogen and oxygen atoms in total. The number of amides is 3. The molecule has 2 fully saturated rings. The maximum absolute atomic E-state index is 14.4. The summed E-state index contributed by atoms with van der Waals surface area (Å²) in [5.74, 6) is -0.257. The highest BCUT2D eigenvalue weighted by Crippen LogP contribution is 2.42. The molecule has 7 rings (SSSR count). The lowest BCUT2D eigenvalue weighted by Gasteiger charge is -2.53. The van der Waals surface area contributed by atoms with E-state index in [1.165, 1.54) is 17.8 Å². The molecule has 5 heterocycles. The van der Waals surface area contributed by atoms with Gasteiger partial charge in [-0.05, 0) is 110 Å². The van der Waals surface area contributed by atoms with Crippen molar-refractivity contribution in [2.45, 2.75) is 26.2 Å². The Labute approximate surface area is 306 Å². The first kappa shape index (κ1) is 35.1. The van der Waals surface area contributed by atoms with Crippen molar-refractivity contribution in [1.82, 2.24) is 9.97 Å². The number of aryl methyl sites for hydroxylation is 1. The summed E-state index contributed by atoms with van der Waals surface area (Å²) >= 11 is 1.26. The molecule has 52 heavy (non-hydrogen) atoms. The number of fused-ring (bicyclic) bond motifs is 1. The zero-order valence-electron chi connectivity index (χ0n) is 29.0. The second-order valence-electron chi connectivity index (χ2n) is 13.3. The lowest BCUT2D eigenvalue weighted by Crippen LogP contribution is -2.59. The maximum Gasteiger partial charge on any atom is 0.262 e. The van der Waals surface area contributed by atoms with Gasteiger partial charge in [0.1, 0.15) is 17.5 Å². The number of rotatable bonds is 8. The molecule has 0 bridgehead atoms. The molecular weight excluding hydrogens is 680 g/mol. The Bertz CT molecular complexity index is 2050. The SMILES string of the molecule is CS/C(=C\C1=Cc2cccnc2N(C(=O)c2ccc(NC(=O)c3cccnc3N3CC4(CCOCC4)C3)cc2)CC1)C(=O)Nc1c(C)cccc1F. The molecule has 266 valence electrons. The number of ether oxygens (including phenoxy) is 1. The number of thioether (sulfide) groups is 1. The number of nitrogens with one attached hydrogen (secondary N) is 2. The van der Waals surface area contributed by atoms with Crippen LogP contribution in [0.1, 0.15) is 51.1 Å². The summed E-state index contributed by atoms with van der Waals surface area (Å²) in [6, 6.07) is 18.7. The van der Waals surface area contributed by atoms with E-state index in [1.807, 2.05) is 12.1 Å². The van der Waals surface area contributed by atoms with E-state index in [9.17, 15) is 18.8 Å². The number of anilines is 4. The van der Waals surface area contributed by atoms with Crippen LogP contribution in [-0.4, -0.2) is 66.8 Å². The Balaban J connectivity index is 1.03. The fourth-order valence-corrected chi connectivity index (χ4v) is 7.44. The first-order valence-corrected chi connectivity index (χ1v) is 18.4. The Morgan fingerprint density at radius 3 is 2.38 bits per heavy atom. The van der Waals surface area contributed by atoms with Gasteiger partial charge in [0.05, 0.1) is 16.2 Å². The van der Waals surface area contributed by atoms with Gasteiger partial charge < -0.3 is 20.3 Å². The largest absolute Gasteiger partial charge is 0.381 e. The number of allylic oxidation sites excluding steroid dienone is 1. The van der Waals surface area contributed by atoms with Crippen molar-refractivity contribution in [3.8, 4) is 0 Å². The van der Waals surface area contributed by atoms with E-state index in [0.717, 1.165) is 50.3 Å². The van der Waals surface area contributed by atoms with Crippen molar-refractivity contribution >= 4 is 58.6 Å². The highest BCUT2D eigenvalue weighted by atomic mass is 32.2. The van der Waals surface area contributed by atoms with Crippen LogP contribution in [0.25, 0.3) is 6.08 Å². The van der Waals surface area contributed by atoms with Gasteiger partial charge in [0.15, 0.2) is 0 Å². The Kier molecular flexibility index (Phi) is 10.2. The molecule has 3 amide bonds. The molecule has 0 unspecified atom stereocenters. The lowest BCUT2D eigenvalue weighted by atomic mass is 9.73. The van der Waals surface area contributed by atoms with Crippen molar-refractivity contribution in [3.63, 3.8) is 0 Å². The summed E-state index contributed by atoms with van der Waals surface area (Å²) < 4.78 is 20.0. The fraction of sp³-hybridized carbons (Fsp3) is 0.275. The van der Waals surface area contributed by atoms with Gasteiger partial charge in [0.2, 0.25) is 0 Å². The van der Waals surface area contributed by atoms with E-state index in [-0.39, 0.29) is 22.9 Å². The molecule has 2 aromatic heterocycles. The van der Waals surface area contributed by atoms with Crippen molar-refractivity contribution in [3.05, 3.63) is 124 Å². The number of carbonyl (C=O) groups excluding carboxylic acids is 3. The van der Waals surface area contributed by atoms with Gasteiger partial charge in [-0.15, -0.1) is 11.8 Å². The Hall–Kier alpha value is -5.33. The third-order valence-electron chi connectivity index (χ3n) is 9.83. The predicted molar refractivity (Wildman–Crippen MR) is 203 cm³/mol. The number of hydrogen-bond donors (Lipinski definition) is 2. The molecule has 0 atom stereocenters. The minimum Gasteiger partial charge on any atom is -0.381 e. The van der Waals surface area contributed by atoms with Crippen molar-refractivity contribution in [2.75, 3.05) is 59.5 Å². The van der Waals surface area contributed by atoms with Crippen molar-refractivity contribution in [1.29, 1.82) is 0 Å². The molecule has 0 aliphatic carbocycles. The second-order valence-corrected chi connectivity index (χ2v) is 14.2. The number of hydrogen-bond acceptors (Lipinski definition) is 8. The number of aromatic nitrogens is 2. The van der Waals surface area contributed by atoms with E-state index < -0.39 is 11.7 Å². The van der Waals surface area contributed by atoms with Crippen LogP contribution in [0.3, 0.4) is 0 Å². The number of benzene rings is 2. The molecule has 2 aromatic carbocycles. The van der Waals surface area contributed by atoms with E-state index in [0.29, 0.717) is 51.9 Å². The van der Waals surface area contributed by atoms with Gasteiger partial charge >= 0.3 is 0 Å². The van der Waals surface area contributed by atoms with Gasteiger partial charge in [-0.2, -0.15) is 0 Å². The number of pyridine rings is 2. The minimum atomic E-state index is -0.500. The van der Waals surface area contributed by atoms with Crippen LogP contribution in [0.4, 0.5) is 27.4 Å². The van der Waals surface area contributed by atoms with E-state index >= 15 is 0 Å². The van der Waals surface area contributed by atoms with Gasteiger partial charge in [0.25, 0.3) is 17.7 Å². The first-order valence-electron chi connectivity index (χ1n) is 17.2. The van der Waals surface area contributed by atoms with Crippen molar-refractivity contribution < 1.29 is 23.5 Å². The number of halogens is 1. The number of para-hydroxylation sites is 1. The summed E-state index contributed by atoms with van der Waals surface area (Å²) in [5.41, 5.74) is 4.05. The summed E-state index contributed by atoms with van der Waals surface area (Å²) in [7, 11) is 0. The topological polar surface area (TPSA) is 117 Å². The molecule has 3 aliphatic heterocycles. The zero-order chi connectivity index (χ0) is 36.2. The summed E-state index contributed by atoms with van der Waals surface area (Å²) in [4.78, 5) is 53.9. The van der Waals surface area contributed by atoms with Gasteiger partial charge in [-0.3, -0.25) is 19.3 Å². The highest BCUT2D eigenvalue weighted by molar-refractivity contribution is 8.03. The average Bonchev–Trinajstić information content (AvgIpc) is 3.34. The number of nitrogens with zero attached hydrogens (tertiary/aromatic N) is 4. The van der Waals surface area contributed by atoms with Crippen LogP contribution < -0.4 is 20.4 Å². The minimum absolute atomic E-state index is 0.149. The summed E-state index contributed by atoms with van der Waals surface area (Å²) in [6.07, 6.45) is 11.3. The van der Waals surface area contributed by atoms with E-state index in [4.69, 9.17) is 4.74 Å². The molecule has 12 heteroatoms. The number of carbonyl (C=O) groups is 3. The quantitative estimate of drug-likeness (QED) is 0.185. The van der Waals surface area contributed by atoms with Crippen LogP contribution in [0.15, 0.2) is 95.7 Å². The molecule has 2 N–H and O–H groups in total. The van der Waals surface area contributed by atoms with Crippen LogP contribution in [0.5, 0.6) is 0 Å². The highest BCUT2D eigenvalue weighted by Gasteiger charge is 2.45. The fourth-order valence-electron chi connectivity index (χ4n) is 6.94. The predicted octanol–water partition coefficient (Wildman–Crippen LogP) is 7.11. The van der Waals surface area contributed by atoms with E-state index in [2.05, 4.69) is 25.5 Å². The average molecular weight is 719 g/mol. The molecule has 4 aromatic rings. The third-order valence-corrected chi connectivity index (χ3v) is 10.6. The van der Waals surface area contributed by atoms with Gasteiger partial charge in [-0.25, -0.2) is 14.4 Å². The van der Waals surface area contributed by atoms with E-state index in [1.54, 1.807) is 91.1 Å².